The van der Waals surface area contributed by atoms with E-state index in [-0.39, 0.29) is 0 Å². The number of carbonyl (C=O) groups excluding carboxylic acids is 1. The lowest BCUT2D eigenvalue weighted by atomic mass is 9.89. The van der Waals surface area contributed by atoms with Crippen molar-refractivity contribution in [1.82, 2.24) is 0 Å². The van der Waals surface area contributed by atoms with E-state index in [9.17, 15) is 4.79 Å². The van der Waals surface area contributed by atoms with Gasteiger partial charge in [-0.3, -0.25) is 4.79 Å². The zero-order chi connectivity index (χ0) is 8.13. The third kappa shape index (κ3) is 0.773. The van der Waals surface area contributed by atoms with Crippen LogP contribution in [0.1, 0.15) is 38.5 Å². The summed E-state index contributed by atoms with van der Waals surface area (Å²) in [7, 11) is 0. The lowest BCUT2D eigenvalue weighted by Crippen LogP contribution is -2.17. The molecule has 0 aliphatic heterocycles. The van der Waals surface area contributed by atoms with E-state index in [1.165, 1.54) is 32.1 Å². The number of ketones is 1. The SMILES string of the molecule is O=C1CC[C@@H]2C[C@@H]3CCC[C@@H]3[C@H]12. The summed E-state index contributed by atoms with van der Waals surface area (Å²) < 4.78 is 0. The van der Waals surface area contributed by atoms with Crippen molar-refractivity contribution in [2.75, 3.05) is 0 Å². The molecule has 0 spiro atoms. The van der Waals surface area contributed by atoms with Crippen LogP contribution in [0.4, 0.5) is 0 Å². The molecule has 12 heavy (non-hydrogen) atoms. The molecule has 3 rings (SSSR count). The summed E-state index contributed by atoms with van der Waals surface area (Å²) in [5, 5.41) is 0. The molecule has 0 saturated heterocycles. The number of rotatable bonds is 0. The third-order valence-electron chi connectivity index (χ3n) is 4.43. The maximum absolute atomic E-state index is 11.6. The van der Waals surface area contributed by atoms with Gasteiger partial charge in [-0.2, -0.15) is 0 Å². The van der Waals surface area contributed by atoms with Crippen LogP contribution in [0.3, 0.4) is 0 Å². The molecular weight excluding hydrogens is 148 g/mol. The lowest BCUT2D eigenvalue weighted by molar-refractivity contribution is -0.122. The van der Waals surface area contributed by atoms with E-state index in [0.29, 0.717) is 11.7 Å². The Labute approximate surface area is 73.5 Å². The summed E-state index contributed by atoms with van der Waals surface area (Å²) in [4.78, 5) is 11.6. The molecule has 0 aromatic heterocycles. The lowest BCUT2D eigenvalue weighted by Gasteiger charge is -2.14. The maximum atomic E-state index is 11.6. The monoisotopic (exact) mass is 164 g/mol. The summed E-state index contributed by atoms with van der Waals surface area (Å²) in [6.07, 6.45) is 7.68. The van der Waals surface area contributed by atoms with Crippen molar-refractivity contribution < 1.29 is 4.79 Å². The molecule has 3 aliphatic rings. The average Bonchev–Trinajstić information content (AvgIpc) is 2.61. The molecule has 66 valence electrons. The number of fused-ring (bicyclic) bond motifs is 3. The third-order valence-corrected chi connectivity index (χ3v) is 4.43. The molecule has 1 nitrogen and oxygen atoms in total. The fourth-order valence-corrected chi connectivity index (χ4v) is 4.01. The van der Waals surface area contributed by atoms with Crippen LogP contribution in [-0.2, 0) is 4.79 Å². The molecule has 3 aliphatic carbocycles. The Balaban J connectivity index is 1.90. The zero-order valence-corrected chi connectivity index (χ0v) is 7.46. The normalized spacial score (nSPS) is 51.2. The van der Waals surface area contributed by atoms with E-state index in [4.69, 9.17) is 0 Å². The standard InChI is InChI=1S/C11H16O/c12-10-5-4-8-6-7-2-1-3-9(7)11(8)10/h7-9,11H,1-6H2/t7-,8+,9-,11+/m0/s1. The van der Waals surface area contributed by atoms with Gasteiger partial charge in [-0.05, 0) is 37.0 Å². The topological polar surface area (TPSA) is 17.1 Å². The van der Waals surface area contributed by atoms with Crippen LogP contribution in [0.2, 0.25) is 0 Å². The summed E-state index contributed by atoms with van der Waals surface area (Å²) in [5.74, 6) is 3.72. The summed E-state index contributed by atoms with van der Waals surface area (Å²) >= 11 is 0. The van der Waals surface area contributed by atoms with Gasteiger partial charge in [-0.25, -0.2) is 0 Å². The minimum atomic E-state index is 0.525. The molecule has 0 unspecified atom stereocenters. The van der Waals surface area contributed by atoms with Gasteiger partial charge in [0.1, 0.15) is 5.78 Å². The van der Waals surface area contributed by atoms with Gasteiger partial charge < -0.3 is 0 Å². The fourth-order valence-electron chi connectivity index (χ4n) is 4.01. The molecule has 0 bridgehead atoms. The molecule has 0 radical (unpaired) electrons. The fraction of sp³-hybridized carbons (Fsp3) is 0.909. The van der Waals surface area contributed by atoms with Gasteiger partial charge in [-0.15, -0.1) is 0 Å². The second-order valence-corrected chi connectivity index (χ2v) is 4.88. The van der Waals surface area contributed by atoms with E-state index in [1.807, 2.05) is 0 Å². The molecule has 3 saturated carbocycles. The Morgan fingerprint density at radius 3 is 2.92 bits per heavy atom. The van der Waals surface area contributed by atoms with Gasteiger partial charge >= 0.3 is 0 Å². The maximum Gasteiger partial charge on any atom is 0.136 e. The first-order valence-electron chi connectivity index (χ1n) is 5.39. The predicted molar refractivity (Wildman–Crippen MR) is 46.7 cm³/mol. The second-order valence-electron chi connectivity index (χ2n) is 4.88. The molecule has 4 atom stereocenters. The van der Waals surface area contributed by atoms with Crippen LogP contribution < -0.4 is 0 Å². The Bertz CT molecular complexity index is 221. The highest BCUT2D eigenvalue weighted by atomic mass is 16.1. The van der Waals surface area contributed by atoms with Crippen molar-refractivity contribution in [2.45, 2.75) is 38.5 Å². The minimum Gasteiger partial charge on any atom is -0.299 e. The van der Waals surface area contributed by atoms with Gasteiger partial charge in [0.05, 0.1) is 0 Å². The number of hydrogen-bond acceptors (Lipinski definition) is 1. The Hall–Kier alpha value is -0.330. The van der Waals surface area contributed by atoms with Gasteiger partial charge in [0.25, 0.3) is 0 Å². The molecule has 0 N–H and O–H groups in total. The van der Waals surface area contributed by atoms with Crippen molar-refractivity contribution in [1.29, 1.82) is 0 Å². The van der Waals surface area contributed by atoms with E-state index in [1.54, 1.807) is 0 Å². The van der Waals surface area contributed by atoms with Crippen molar-refractivity contribution in [3.8, 4) is 0 Å². The van der Waals surface area contributed by atoms with Crippen molar-refractivity contribution in [3.05, 3.63) is 0 Å². The highest BCUT2D eigenvalue weighted by Gasteiger charge is 2.50. The van der Waals surface area contributed by atoms with E-state index < -0.39 is 0 Å². The summed E-state index contributed by atoms with van der Waals surface area (Å²) in [5.41, 5.74) is 0. The molecule has 0 aromatic rings. The van der Waals surface area contributed by atoms with Gasteiger partial charge in [-0.1, -0.05) is 12.8 Å². The van der Waals surface area contributed by atoms with Crippen LogP contribution >= 0.6 is 0 Å². The zero-order valence-electron chi connectivity index (χ0n) is 7.46. The average molecular weight is 164 g/mol. The van der Waals surface area contributed by atoms with E-state index >= 15 is 0 Å². The largest absolute Gasteiger partial charge is 0.299 e. The molecule has 3 fully saturated rings. The number of hydrogen-bond donors (Lipinski definition) is 0. The second kappa shape index (κ2) is 2.34. The summed E-state index contributed by atoms with van der Waals surface area (Å²) in [6, 6.07) is 0. The van der Waals surface area contributed by atoms with Crippen molar-refractivity contribution in [2.24, 2.45) is 23.7 Å². The van der Waals surface area contributed by atoms with Gasteiger partial charge in [0, 0.05) is 12.3 Å². The van der Waals surface area contributed by atoms with Crippen molar-refractivity contribution >= 4 is 5.78 Å². The molecule has 1 heteroatoms. The Kier molecular flexibility index (Phi) is 1.38. The number of carbonyl (C=O) groups is 1. The molecule has 0 heterocycles. The van der Waals surface area contributed by atoms with Crippen LogP contribution in [0, 0.1) is 23.7 Å². The summed E-state index contributed by atoms with van der Waals surface area (Å²) in [6.45, 7) is 0. The highest BCUT2D eigenvalue weighted by Crippen LogP contribution is 2.55. The van der Waals surface area contributed by atoms with Gasteiger partial charge in [0.15, 0.2) is 0 Å². The molecular formula is C11H16O. The Morgan fingerprint density at radius 2 is 2.00 bits per heavy atom. The van der Waals surface area contributed by atoms with Crippen LogP contribution in [0.5, 0.6) is 0 Å². The van der Waals surface area contributed by atoms with Crippen LogP contribution in [-0.4, -0.2) is 5.78 Å². The van der Waals surface area contributed by atoms with E-state index in [0.717, 1.165) is 24.2 Å². The molecule has 0 aromatic carbocycles. The smallest absolute Gasteiger partial charge is 0.136 e. The Morgan fingerprint density at radius 1 is 1.08 bits per heavy atom. The highest BCUT2D eigenvalue weighted by molar-refractivity contribution is 5.84. The first-order valence-corrected chi connectivity index (χ1v) is 5.39. The first kappa shape index (κ1) is 7.11. The first-order chi connectivity index (χ1) is 5.86. The molecule has 0 amide bonds. The van der Waals surface area contributed by atoms with E-state index in [2.05, 4.69) is 0 Å². The number of Topliss-reactive ketones (excluding diaryl/α,β-unsaturated/α-hetero) is 1. The predicted octanol–water partition coefficient (Wildman–Crippen LogP) is 2.40. The minimum absolute atomic E-state index is 0.525. The quantitative estimate of drug-likeness (QED) is 0.537. The van der Waals surface area contributed by atoms with Crippen molar-refractivity contribution in [3.63, 3.8) is 0 Å². The van der Waals surface area contributed by atoms with Crippen LogP contribution in [0.15, 0.2) is 0 Å². The van der Waals surface area contributed by atoms with Crippen LogP contribution in [0.25, 0.3) is 0 Å². The van der Waals surface area contributed by atoms with Gasteiger partial charge in [0.2, 0.25) is 0 Å².